The molecule has 5 nitrogen and oxygen atoms in total. The highest BCUT2D eigenvalue weighted by Crippen LogP contribution is 2.47. The number of aliphatic hydroxyl groups is 1. The van der Waals surface area contributed by atoms with Gasteiger partial charge in [-0.25, -0.2) is 4.79 Å². The Labute approximate surface area is 148 Å². The van der Waals surface area contributed by atoms with Gasteiger partial charge in [-0.1, -0.05) is 6.07 Å². The molecule has 2 saturated heterocycles. The molecule has 1 aromatic rings. The average Bonchev–Trinajstić information content (AvgIpc) is 3.08. The van der Waals surface area contributed by atoms with Crippen LogP contribution in [0.5, 0.6) is 5.75 Å². The van der Waals surface area contributed by atoms with E-state index in [0.717, 1.165) is 37.2 Å². The van der Waals surface area contributed by atoms with Crippen molar-refractivity contribution in [1.29, 1.82) is 0 Å². The number of carbonyl (C=O) groups is 1. The highest BCUT2D eigenvalue weighted by atomic mass is 16.6. The monoisotopic (exact) mass is 345 g/mol. The van der Waals surface area contributed by atoms with Crippen molar-refractivity contribution in [2.24, 2.45) is 0 Å². The van der Waals surface area contributed by atoms with Crippen LogP contribution in [0.15, 0.2) is 18.2 Å². The molecule has 2 unspecified atom stereocenters. The van der Waals surface area contributed by atoms with Crippen LogP contribution in [-0.4, -0.2) is 40.4 Å². The number of piperidine rings is 1. The Hall–Kier alpha value is -1.75. The lowest BCUT2D eigenvalue weighted by Gasteiger charge is -2.44. The van der Waals surface area contributed by atoms with Crippen molar-refractivity contribution in [3.63, 3.8) is 0 Å². The van der Waals surface area contributed by atoms with Gasteiger partial charge in [-0.2, -0.15) is 0 Å². The van der Waals surface area contributed by atoms with Crippen LogP contribution in [0.4, 0.5) is 4.79 Å². The molecule has 25 heavy (non-hydrogen) atoms. The van der Waals surface area contributed by atoms with Gasteiger partial charge in [0.1, 0.15) is 11.4 Å². The fourth-order valence-electron chi connectivity index (χ4n) is 4.55. The zero-order valence-corrected chi connectivity index (χ0v) is 15.2. The molecule has 0 saturated carbocycles. The van der Waals surface area contributed by atoms with Crippen LogP contribution in [0.3, 0.4) is 0 Å². The van der Waals surface area contributed by atoms with Crippen molar-refractivity contribution in [2.75, 3.05) is 6.61 Å². The Morgan fingerprint density at radius 2 is 1.96 bits per heavy atom. The average molecular weight is 345 g/mol. The first-order valence-electron chi connectivity index (χ1n) is 9.25. The summed E-state index contributed by atoms with van der Waals surface area (Å²) in [5.74, 6) is 0.932. The van der Waals surface area contributed by atoms with Crippen molar-refractivity contribution in [3.05, 3.63) is 29.3 Å². The lowest BCUT2D eigenvalue weighted by Crippen LogP contribution is -2.53. The highest BCUT2D eigenvalue weighted by molar-refractivity contribution is 5.70. The van der Waals surface area contributed by atoms with Crippen LogP contribution in [0.25, 0.3) is 0 Å². The van der Waals surface area contributed by atoms with Gasteiger partial charge < -0.3 is 19.5 Å². The molecule has 2 atom stereocenters. The van der Waals surface area contributed by atoms with Crippen LogP contribution in [0.1, 0.15) is 57.6 Å². The number of rotatable bonds is 1. The third-order valence-corrected chi connectivity index (χ3v) is 5.60. The van der Waals surface area contributed by atoms with E-state index in [0.29, 0.717) is 12.8 Å². The van der Waals surface area contributed by atoms with Gasteiger partial charge in [-0.15, -0.1) is 0 Å². The van der Waals surface area contributed by atoms with E-state index >= 15 is 0 Å². The minimum atomic E-state index is -0.873. The van der Waals surface area contributed by atoms with Gasteiger partial charge in [0, 0.05) is 31.3 Å². The minimum absolute atomic E-state index is 0.0445. The number of amides is 1. The molecule has 1 aromatic carbocycles. The number of hydrogen-bond donors (Lipinski definition) is 1. The Bertz CT molecular complexity index is 679. The van der Waals surface area contributed by atoms with E-state index in [9.17, 15) is 9.90 Å². The second kappa shape index (κ2) is 5.63. The molecule has 5 heteroatoms. The molecule has 4 rings (SSSR count). The standard InChI is InChI=1S/C20H27NO4/c1-19(2,3)25-18(22)21-15-5-6-16(21)12-20(23,11-15)14-4-7-17-13(10-14)8-9-24-17/h4,7,10,15-16,23H,5-6,8-9,11-12H2,1-3H3. The van der Waals surface area contributed by atoms with Gasteiger partial charge in [0.25, 0.3) is 0 Å². The molecule has 3 aliphatic heterocycles. The molecule has 2 fully saturated rings. The zero-order valence-electron chi connectivity index (χ0n) is 15.2. The van der Waals surface area contributed by atoms with Crippen LogP contribution in [0.2, 0.25) is 0 Å². The number of carbonyl (C=O) groups excluding carboxylic acids is 1. The molecule has 136 valence electrons. The first-order valence-corrected chi connectivity index (χ1v) is 9.25. The lowest BCUT2D eigenvalue weighted by atomic mass is 9.80. The maximum Gasteiger partial charge on any atom is 0.410 e. The first-order chi connectivity index (χ1) is 11.8. The summed E-state index contributed by atoms with van der Waals surface area (Å²) >= 11 is 0. The number of hydrogen-bond acceptors (Lipinski definition) is 4. The van der Waals surface area contributed by atoms with E-state index in [1.54, 1.807) is 0 Å². The number of benzene rings is 1. The fourth-order valence-corrected chi connectivity index (χ4v) is 4.55. The van der Waals surface area contributed by atoms with Gasteiger partial charge in [0.2, 0.25) is 0 Å². The predicted molar refractivity (Wildman–Crippen MR) is 93.7 cm³/mol. The summed E-state index contributed by atoms with van der Waals surface area (Å²) < 4.78 is 11.2. The van der Waals surface area contributed by atoms with Crippen LogP contribution in [-0.2, 0) is 16.8 Å². The van der Waals surface area contributed by atoms with Crippen LogP contribution in [0, 0.1) is 0 Å². The summed E-state index contributed by atoms with van der Waals surface area (Å²) in [5.41, 5.74) is 0.761. The number of nitrogens with zero attached hydrogens (tertiary/aromatic N) is 1. The molecule has 3 aliphatic rings. The predicted octanol–water partition coefficient (Wildman–Crippen LogP) is 3.37. The van der Waals surface area contributed by atoms with E-state index < -0.39 is 11.2 Å². The molecular formula is C20H27NO4. The van der Waals surface area contributed by atoms with Crippen LogP contribution < -0.4 is 4.74 Å². The third-order valence-electron chi connectivity index (χ3n) is 5.60. The molecule has 2 bridgehead atoms. The molecule has 3 heterocycles. The van der Waals surface area contributed by atoms with E-state index in [-0.39, 0.29) is 18.2 Å². The Morgan fingerprint density at radius 1 is 1.28 bits per heavy atom. The number of fused-ring (bicyclic) bond motifs is 3. The van der Waals surface area contributed by atoms with Crippen molar-refractivity contribution in [3.8, 4) is 5.75 Å². The quantitative estimate of drug-likeness (QED) is 0.848. The third kappa shape index (κ3) is 2.99. The smallest absolute Gasteiger partial charge is 0.410 e. The summed E-state index contributed by atoms with van der Waals surface area (Å²) in [6.07, 6.45) is 3.66. The maximum absolute atomic E-state index is 12.6. The molecular weight excluding hydrogens is 318 g/mol. The van der Waals surface area contributed by atoms with E-state index in [4.69, 9.17) is 9.47 Å². The fraction of sp³-hybridized carbons (Fsp3) is 0.650. The van der Waals surface area contributed by atoms with Crippen molar-refractivity contribution < 1.29 is 19.4 Å². The van der Waals surface area contributed by atoms with Gasteiger partial charge in [-0.05, 0) is 56.9 Å². The normalized spacial score (nSPS) is 30.8. The Morgan fingerprint density at radius 3 is 2.60 bits per heavy atom. The maximum atomic E-state index is 12.6. The highest BCUT2D eigenvalue weighted by Gasteiger charge is 2.51. The topological polar surface area (TPSA) is 59.0 Å². The summed E-state index contributed by atoms with van der Waals surface area (Å²) in [4.78, 5) is 14.5. The summed E-state index contributed by atoms with van der Waals surface area (Å²) in [5, 5.41) is 11.4. The van der Waals surface area contributed by atoms with Gasteiger partial charge in [0.15, 0.2) is 0 Å². The zero-order chi connectivity index (χ0) is 17.8. The molecule has 0 aromatic heterocycles. The molecule has 1 N–H and O–H groups in total. The summed E-state index contributed by atoms with van der Waals surface area (Å²) in [7, 11) is 0. The second-order valence-electron chi connectivity index (χ2n) is 8.63. The largest absolute Gasteiger partial charge is 0.493 e. The Kier molecular flexibility index (Phi) is 3.76. The van der Waals surface area contributed by atoms with Gasteiger partial charge in [-0.3, -0.25) is 0 Å². The van der Waals surface area contributed by atoms with Crippen molar-refractivity contribution in [1.82, 2.24) is 4.90 Å². The van der Waals surface area contributed by atoms with E-state index in [1.807, 2.05) is 37.8 Å². The molecule has 0 radical (unpaired) electrons. The summed E-state index contributed by atoms with van der Waals surface area (Å²) in [6, 6.07) is 6.13. The van der Waals surface area contributed by atoms with Gasteiger partial charge in [0.05, 0.1) is 12.2 Å². The Balaban J connectivity index is 1.55. The molecule has 1 amide bonds. The second-order valence-corrected chi connectivity index (χ2v) is 8.63. The van der Waals surface area contributed by atoms with Crippen LogP contribution >= 0.6 is 0 Å². The summed E-state index contributed by atoms with van der Waals surface area (Å²) in [6.45, 7) is 6.38. The lowest BCUT2D eigenvalue weighted by molar-refractivity contribution is -0.0624. The van der Waals surface area contributed by atoms with Crippen molar-refractivity contribution >= 4 is 6.09 Å². The first kappa shape index (κ1) is 16.7. The van der Waals surface area contributed by atoms with Crippen molar-refractivity contribution in [2.45, 2.75) is 76.2 Å². The minimum Gasteiger partial charge on any atom is -0.493 e. The van der Waals surface area contributed by atoms with Gasteiger partial charge >= 0.3 is 6.09 Å². The molecule has 0 spiro atoms. The SMILES string of the molecule is CC(C)(C)OC(=O)N1C2CCC1CC(O)(c1ccc3c(c1)CCO3)C2. The van der Waals surface area contributed by atoms with E-state index in [2.05, 4.69) is 6.07 Å². The molecule has 0 aliphatic carbocycles. The number of ether oxygens (including phenoxy) is 2. The van der Waals surface area contributed by atoms with E-state index in [1.165, 1.54) is 5.56 Å².